The van der Waals surface area contributed by atoms with Gasteiger partial charge in [0.05, 0.1) is 19.2 Å². The number of methoxy groups -OCH3 is 1. The number of ether oxygens (including phenoxy) is 1. The zero-order valence-corrected chi connectivity index (χ0v) is 12.8. The van der Waals surface area contributed by atoms with Crippen molar-refractivity contribution in [2.45, 2.75) is 56.8 Å². The number of fused-ring (bicyclic) bond motifs is 2. The van der Waals surface area contributed by atoms with Gasteiger partial charge in [-0.1, -0.05) is 6.42 Å². The zero-order valence-electron chi connectivity index (χ0n) is 12.8. The van der Waals surface area contributed by atoms with E-state index in [4.69, 9.17) is 4.42 Å². The predicted molar refractivity (Wildman–Crippen MR) is 79.1 cm³/mol. The Hall–Kier alpha value is -1.33. The molecule has 2 fully saturated rings. The summed E-state index contributed by atoms with van der Waals surface area (Å²) >= 11 is 0. The normalized spacial score (nSPS) is 29.3. The third-order valence-electron chi connectivity index (χ3n) is 4.98. The van der Waals surface area contributed by atoms with Crippen LogP contribution in [0.25, 0.3) is 0 Å². The molecule has 0 aliphatic carbocycles. The molecule has 5 nitrogen and oxygen atoms in total. The van der Waals surface area contributed by atoms with Crippen LogP contribution in [0.3, 0.4) is 0 Å². The molecule has 2 aliphatic rings. The van der Waals surface area contributed by atoms with Crippen molar-refractivity contribution in [1.82, 2.24) is 10.2 Å². The smallest absolute Gasteiger partial charge is 0.341 e. The second kappa shape index (κ2) is 6.20. The number of carbonyl (C=O) groups is 1. The molecule has 2 bridgehead atoms. The number of esters is 1. The van der Waals surface area contributed by atoms with E-state index in [1.165, 1.54) is 45.5 Å². The number of piperidine rings is 2. The molecular formula is C16H24N2O3. The average molecular weight is 292 g/mol. The number of carbonyl (C=O) groups excluding carboxylic acids is 1. The first-order valence-corrected chi connectivity index (χ1v) is 7.78. The lowest BCUT2D eigenvalue weighted by Crippen LogP contribution is -2.54. The van der Waals surface area contributed by atoms with Gasteiger partial charge in [0, 0.05) is 18.1 Å². The molecule has 2 unspecified atom stereocenters. The molecule has 21 heavy (non-hydrogen) atoms. The standard InChI is InChI=1S/C16H24N2O3/c1-18-13-4-3-5-14(18)8-12(7-13)17-9-15-6-11(10-21-15)16(19)20-2/h6,10,12-14,17H,3-5,7-9H2,1-2H3. The number of hydrogen-bond acceptors (Lipinski definition) is 5. The molecule has 2 aliphatic heterocycles. The maximum Gasteiger partial charge on any atom is 0.341 e. The number of nitrogens with one attached hydrogen (secondary N) is 1. The molecule has 0 aromatic carbocycles. The van der Waals surface area contributed by atoms with Crippen molar-refractivity contribution in [3.8, 4) is 0 Å². The molecule has 3 heterocycles. The molecule has 1 N–H and O–H groups in total. The summed E-state index contributed by atoms with van der Waals surface area (Å²) in [5.74, 6) is 0.443. The van der Waals surface area contributed by atoms with Gasteiger partial charge in [0.1, 0.15) is 12.0 Å². The van der Waals surface area contributed by atoms with E-state index in [2.05, 4.69) is 22.0 Å². The van der Waals surface area contributed by atoms with Gasteiger partial charge >= 0.3 is 5.97 Å². The topological polar surface area (TPSA) is 54.7 Å². The largest absolute Gasteiger partial charge is 0.467 e. The van der Waals surface area contributed by atoms with Gasteiger partial charge in [0.25, 0.3) is 0 Å². The first-order chi connectivity index (χ1) is 10.2. The van der Waals surface area contributed by atoms with Crippen molar-refractivity contribution in [1.29, 1.82) is 0 Å². The number of rotatable bonds is 4. The fourth-order valence-corrected chi connectivity index (χ4v) is 3.73. The molecule has 2 atom stereocenters. The van der Waals surface area contributed by atoms with Gasteiger partial charge in [0.15, 0.2) is 0 Å². The van der Waals surface area contributed by atoms with E-state index < -0.39 is 0 Å². The molecule has 2 saturated heterocycles. The Morgan fingerprint density at radius 1 is 1.43 bits per heavy atom. The summed E-state index contributed by atoms with van der Waals surface area (Å²) in [5, 5.41) is 3.58. The third-order valence-corrected chi connectivity index (χ3v) is 4.98. The summed E-state index contributed by atoms with van der Waals surface area (Å²) in [6.07, 6.45) is 7.88. The van der Waals surface area contributed by atoms with Crippen molar-refractivity contribution in [3.63, 3.8) is 0 Å². The Morgan fingerprint density at radius 3 is 2.81 bits per heavy atom. The highest BCUT2D eigenvalue weighted by molar-refractivity contribution is 5.88. The second-order valence-corrected chi connectivity index (χ2v) is 6.25. The quantitative estimate of drug-likeness (QED) is 0.862. The first kappa shape index (κ1) is 14.6. The number of hydrogen-bond donors (Lipinski definition) is 1. The van der Waals surface area contributed by atoms with Crippen LogP contribution in [0.1, 0.15) is 48.2 Å². The van der Waals surface area contributed by atoms with Crippen molar-refractivity contribution in [3.05, 3.63) is 23.7 Å². The molecule has 5 heteroatoms. The van der Waals surface area contributed by atoms with E-state index in [1.807, 2.05) is 0 Å². The highest BCUT2D eigenvalue weighted by Crippen LogP contribution is 2.32. The molecule has 3 rings (SSSR count). The fraction of sp³-hybridized carbons (Fsp3) is 0.688. The lowest BCUT2D eigenvalue weighted by molar-refractivity contribution is 0.0478. The van der Waals surface area contributed by atoms with Crippen LogP contribution in [-0.4, -0.2) is 43.2 Å². The van der Waals surface area contributed by atoms with E-state index in [1.54, 1.807) is 6.07 Å². The van der Waals surface area contributed by atoms with Gasteiger partial charge < -0.3 is 19.4 Å². The number of nitrogens with zero attached hydrogens (tertiary/aromatic N) is 1. The van der Waals surface area contributed by atoms with Gasteiger partial charge in [-0.25, -0.2) is 4.79 Å². The maximum atomic E-state index is 11.4. The van der Waals surface area contributed by atoms with Gasteiger partial charge in [-0.15, -0.1) is 0 Å². The highest BCUT2D eigenvalue weighted by atomic mass is 16.5. The van der Waals surface area contributed by atoms with Crippen LogP contribution in [0.4, 0.5) is 0 Å². The highest BCUT2D eigenvalue weighted by Gasteiger charge is 2.35. The number of furan rings is 1. The van der Waals surface area contributed by atoms with Crippen molar-refractivity contribution < 1.29 is 13.9 Å². The van der Waals surface area contributed by atoms with Gasteiger partial charge in [-0.3, -0.25) is 0 Å². The summed E-state index contributed by atoms with van der Waals surface area (Å²) in [7, 11) is 3.64. The first-order valence-electron chi connectivity index (χ1n) is 7.78. The van der Waals surface area contributed by atoms with E-state index in [9.17, 15) is 4.79 Å². The van der Waals surface area contributed by atoms with Gasteiger partial charge in [-0.2, -0.15) is 0 Å². The maximum absolute atomic E-state index is 11.4. The van der Waals surface area contributed by atoms with E-state index in [0.29, 0.717) is 18.2 Å². The predicted octanol–water partition coefficient (Wildman–Crippen LogP) is 2.17. The summed E-state index contributed by atoms with van der Waals surface area (Å²) in [4.78, 5) is 14.0. The van der Waals surface area contributed by atoms with Crippen LogP contribution in [0.2, 0.25) is 0 Å². The molecule has 1 aromatic heterocycles. The SMILES string of the molecule is COC(=O)c1coc(CNC2CC3CCCC(C2)N3C)c1. The van der Waals surface area contributed by atoms with Crippen LogP contribution in [-0.2, 0) is 11.3 Å². The molecule has 116 valence electrons. The van der Waals surface area contributed by atoms with E-state index >= 15 is 0 Å². The Morgan fingerprint density at radius 2 is 2.14 bits per heavy atom. The van der Waals surface area contributed by atoms with E-state index in [-0.39, 0.29) is 5.97 Å². The van der Waals surface area contributed by atoms with Crippen LogP contribution in [0.15, 0.2) is 16.7 Å². The Kier molecular flexibility index (Phi) is 4.31. The summed E-state index contributed by atoms with van der Waals surface area (Å²) in [5.41, 5.74) is 0.481. The Bertz CT molecular complexity index is 485. The summed E-state index contributed by atoms with van der Waals surface area (Å²) in [6, 6.07) is 3.74. The van der Waals surface area contributed by atoms with Gasteiger partial charge in [0.2, 0.25) is 0 Å². The second-order valence-electron chi connectivity index (χ2n) is 6.25. The van der Waals surface area contributed by atoms with E-state index in [0.717, 1.165) is 17.8 Å². The zero-order chi connectivity index (χ0) is 14.8. The van der Waals surface area contributed by atoms with Gasteiger partial charge in [-0.05, 0) is 38.8 Å². The van der Waals surface area contributed by atoms with Crippen LogP contribution in [0.5, 0.6) is 0 Å². The third kappa shape index (κ3) is 3.14. The Balaban J connectivity index is 1.53. The van der Waals surface area contributed by atoms with Crippen molar-refractivity contribution >= 4 is 5.97 Å². The average Bonchev–Trinajstić information content (AvgIpc) is 2.93. The van der Waals surface area contributed by atoms with Crippen LogP contribution in [0, 0.1) is 0 Å². The van der Waals surface area contributed by atoms with Crippen molar-refractivity contribution in [2.24, 2.45) is 0 Å². The molecule has 0 saturated carbocycles. The van der Waals surface area contributed by atoms with Crippen LogP contribution < -0.4 is 5.32 Å². The lowest BCUT2D eigenvalue weighted by atomic mass is 9.82. The molecule has 0 radical (unpaired) electrons. The summed E-state index contributed by atoms with van der Waals surface area (Å²) in [6.45, 7) is 0.671. The molecule has 0 spiro atoms. The minimum atomic E-state index is -0.348. The molecular weight excluding hydrogens is 268 g/mol. The minimum absolute atomic E-state index is 0.348. The van der Waals surface area contributed by atoms with Crippen molar-refractivity contribution in [2.75, 3.05) is 14.2 Å². The minimum Gasteiger partial charge on any atom is -0.467 e. The Labute approximate surface area is 125 Å². The molecule has 1 aromatic rings. The van der Waals surface area contributed by atoms with Crippen LogP contribution >= 0.6 is 0 Å². The fourth-order valence-electron chi connectivity index (χ4n) is 3.73. The lowest BCUT2D eigenvalue weighted by Gasteiger charge is -2.47. The monoisotopic (exact) mass is 292 g/mol. The summed E-state index contributed by atoms with van der Waals surface area (Å²) < 4.78 is 10.1. The molecule has 0 amide bonds.